The number of carbonyl (C=O) groups is 1. The first kappa shape index (κ1) is 11.4. The van der Waals surface area contributed by atoms with Crippen LogP contribution in [0.4, 0.5) is 0 Å². The highest BCUT2D eigenvalue weighted by atomic mass is 16.3. The van der Waals surface area contributed by atoms with Crippen molar-refractivity contribution < 1.29 is 9.90 Å². The van der Waals surface area contributed by atoms with E-state index < -0.39 is 6.10 Å². The number of pyridine rings is 1. The van der Waals surface area contributed by atoms with Gasteiger partial charge in [-0.1, -0.05) is 6.07 Å². The molecule has 1 aromatic heterocycles. The molecule has 0 bridgehead atoms. The second kappa shape index (κ2) is 4.18. The SMILES string of the molecule is Cc1ccc2cc(C(=O)C(O)C3CC3)ccc2n1. The molecule has 1 heterocycles. The third-order valence-electron chi connectivity index (χ3n) is 3.45. The Morgan fingerprint density at radius 2 is 2.11 bits per heavy atom. The average Bonchev–Trinajstić information content (AvgIpc) is 3.20. The molecule has 1 atom stereocenters. The zero-order valence-electron chi connectivity index (χ0n) is 10.3. The fourth-order valence-corrected chi connectivity index (χ4v) is 2.18. The highest BCUT2D eigenvalue weighted by molar-refractivity contribution is 6.02. The molecule has 1 unspecified atom stereocenters. The molecule has 3 heteroatoms. The molecule has 1 saturated carbocycles. The van der Waals surface area contributed by atoms with Gasteiger partial charge in [-0.25, -0.2) is 0 Å². The summed E-state index contributed by atoms with van der Waals surface area (Å²) in [6, 6.07) is 9.29. The van der Waals surface area contributed by atoms with Gasteiger partial charge in [0.1, 0.15) is 6.10 Å². The number of Topliss-reactive ketones (excluding diaryl/α,β-unsaturated/α-hetero) is 1. The van der Waals surface area contributed by atoms with Crippen LogP contribution in [0.15, 0.2) is 30.3 Å². The topological polar surface area (TPSA) is 50.2 Å². The second-order valence-corrected chi connectivity index (χ2v) is 5.01. The molecular formula is C15H15NO2. The lowest BCUT2D eigenvalue weighted by atomic mass is 10.0. The van der Waals surface area contributed by atoms with Crippen LogP contribution in [-0.2, 0) is 0 Å². The molecule has 1 aliphatic carbocycles. The Kier molecular flexibility index (Phi) is 2.63. The van der Waals surface area contributed by atoms with Crippen molar-refractivity contribution in [3.8, 4) is 0 Å². The maximum atomic E-state index is 12.1. The Hall–Kier alpha value is -1.74. The van der Waals surface area contributed by atoms with Gasteiger partial charge in [0.15, 0.2) is 5.78 Å². The molecule has 0 spiro atoms. The van der Waals surface area contributed by atoms with Crippen molar-refractivity contribution in [3.05, 3.63) is 41.6 Å². The van der Waals surface area contributed by atoms with Gasteiger partial charge in [0.25, 0.3) is 0 Å². The third kappa shape index (κ3) is 2.02. The van der Waals surface area contributed by atoms with Gasteiger partial charge in [-0.3, -0.25) is 9.78 Å². The van der Waals surface area contributed by atoms with Crippen LogP contribution >= 0.6 is 0 Å². The average molecular weight is 241 g/mol. The Labute approximate surface area is 105 Å². The van der Waals surface area contributed by atoms with Gasteiger partial charge >= 0.3 is 0 Å². The van der Waals surface area contributed by atoms with Crippen LogP contribution in [0.2, 0.25) is 0 Å². The number of ketones is 1. The molecule has 2 aromatic rings. The number of rotatable bonds is 3. The second-order valence-electron chi connectivity index (χ2n) is 5.01. The van der Waals surface area contributed by atoms with Crippen molar-refractivity contribution in [1.29, 1.82) is 0 Å². The van der Waals surface area contributed by atoms with Crippen molar-refractivity contribution in [2.75, 3.05) is 0 Å². The maximum absolute atomic E-state index is 12.1. The zero-order chi connectivity index (χ0) is 12.7. The maximum Gasteiger partial charge on any atom is 0.191 e. The summed E-state index contributed by atoms with van der Waals surface area (Å²) in [7, 11) is 0. The molecule has 0 radical (unpaired) electrons. The highest BCUT2D eigenvalue weighted by Gasteiger charge is 2.34. The number of fused-ring (bicyclic) bond motifs is 1. The van der Waals surface area contributed by atoms with Gasteiger partial charge in [-0.15, -0.1) is 0 Å². The fraction of sp³-hybridized carbons (Fsp3) is 0.333. The van der Waals surface area contributed by atoms with Gasteiger partial charge in [-0.2, -0.15) is 0 Å². The van der Waals surface area contributed by atoms with Crippen LogP contribution in [0.1, 0.15) is 28.9 Å². The molecule has 3 rings (SSSR count). The quantitative estimate of drug-likeness (QED) is 0.840. The van der Waals surface area contributed by atoms with E-state index >= 15 is 0 Å². The highest BCUT2D eigenvalue weighted by Crippen LogP contribution is 2.34. The number of aliphatic hydroxyl groups excluding tert-OH is 1. The molecule has 18 heavy (non-hydrogen) atoms. The Balaban J connectivity index is 1.97. The van der Waals surface area contributed by atoms with E-state index in [0.717, 1.165) is 29.4 Å². The van der Waals surface area contributed by atoms with Crippen LogP contribution in [0.25, 0.3) is 10.9 Å². The van der Waals surface area contributed by atoms with Crippen LogP contribution in [0.5, 0.6) is 0 Å². The normalized spacial score (nSPS) is 16.8. The molecular weight excluding hydrogens is 226 g/mol. The van der Waals surface area contributed by atoms with Crippen molar-refractivity contribution in [2.45, 2.75) is 25.9 Å². The van der Waals surface area contributed by atoms with Crippen LogP contribution in [-0.4, -0.2) is 22.0 Å². The van der Waals surface area contributed by atoms with Crippen LogP contribution < -0.4 is 0 Å². The Morgan fingerprint density at radius 3 is 2.83 bits per heavy atom. The lowest BCUT2D eigenvalue weighted by molar-refractivity contribution is 0.0704. The number of carbonyl (C=O) groups excluding carboxylic acids is 1. The molecule has 1 aliphatic rings. The summed E-state index contributed by atoms with van der Waals surface area (Å²) in [5, 5.41) is 10.8. The first-order valence-corrected chi connectivity index (χ1v) is 6.25. The van der Waals surface area contributed by atoms with E-state index in [4.69, 9.17) is 0 Å². The van der Waals surface area contributed by atoms with E-state index in [1.165, 1.54) is 0 Å². The number of aryl methyl sites for hydroxylation is 1. The summed E-state index contributed by atoms with van der Waals surface area (Å²) in [6.45, 7) is 1.94. The smallest absolute Gasteiger partial charge is 0.191 e. The molecule has 1 fully saturated rings. The monoisotopic (exact) mass is 241 g/mol. The molecule has 0 amide bonds. The minimum atomic E-state index is -0.833. The van der Waals surface area contributed by atoms with E-state index in [0.29, 0.717) is 5.56 Å². The molecule has 0 aliphatic heterocycles. The number of aromatic nitrogens is 1. The van der Waals surface area contributed by atoms with Crippen molar-refractivity contribution in [2.24, 2.45) is 5.92 Å². The van der Waals surface area contributed by atoms with Crippen molar-refractivity contribution in [1.82, 2.24) is 4.98 Å². The molecule has 3 nitrogen and oxygen atoms in total. The predicted molar refractivity (Wildman–Crippen MR) is 69.5 cm³/mol. The summed E-state index contributed by atoms with van der Waals surface area (Å²) in [6.07, 6.45) is 1.09. The standard InChI is InChI=1S/C15H15NO2/c1-9-2-3-11-8-12(6-7-13(11)16-9)15(18)14(17)10-4-5-10/h2-3,6-8,10,14,17H,4-5H2,1H3. The van der Waals surface area contributed by atoms with Crippen LogP contribution in [0.3, 0.4) is 0 Å². The van der Waals surface area contributed by atoms with E-state index in [1.807, 2.05) is 31.2 Å². The lowest BCUT2D eigenvalue weighted by Crippen LogP contribution is -2.22. The summed E-state index contributed by atoms with van der Waals surface area (Å²) in [5.41, 5.74) is 2.42. The van der Waals surface area contributed by atoms with Crippen molar-refractivity contribution >= 4 is 16.7 Å². The Bertz CT molecular complexity index is 617. The Morgan fingerprint density at radius 1 is 1.33 bits per heavy atom. The number of benzene rings is 1. The fourth-order valence-electron chi connectivity index (χ4n) is 2.18. The van der Waals surface area contributed by atoms with E-state index in [-0.39, 0.29) is 11.7 Å². The zero-order valence-corrected chi connectivity index (χ0v) is 10.3. The third-order valence-corrected chi connectivity index (χ3v) is 3.45. The molecule has 92 valence electrons. The van der Waals surface area contributed by atoms with Gasteiger partial charge in [0, 0.05) is 16.6 Å². The minimum absolute atomic E-state index is 0.167. The first-order valence-electron chi connectivity index (χ1n) is 6.25. The number of nitrogens with zero attached hydrogens (tertiary/aromatic N) is 1. The lowest BCUT2D eigenvalue weighted by Gasteiger charge is -2.08. The largest absolute Gasteiger partial charge is 0.385 e. The summed E-state index contributed by atoms with van der Waals surface area (Å²) in [4.78, 5) is 16.5. The predicted octanol–water partition coefficient (Wildman–Crippen LogP) is 2.50. The summed E-state index contributed by atoms with van der Waals surface area (Å²) < 4.78 is 0. The van der Waals surface area contributed by atoms with E-state index in [9.17, 15) is 9.90 Å². The van der Waals surface area contributed by atoms with E-state index in [1.54, 1.807) is 6.07 Å². The van der Waals surface area contributed by atoms with Gasteiger partial charge in [0.05, 0.1) is 5.52 Å². The summed E-state index contributed by atoms with van der Waals surface area (Å²) in [5.74, 6) is 0.00400. The number of hydrogen-bond acceptors (Lipinski definition) is 3. The van der Waals surface area contributed by atoms with Gasteiger partial charge in [0.2, 0.25) is 0 Å². The van der Waals surface area contributed by atoms with E-state index in [2.05, 4.69) is 4.98 Å². The van der Waals surface area contributed by atoms with Crippen LogP contribution in [0, 0.1) is 12.8 Å². The summed E-state index contributed by atoms with van der Waals surface area (Å²) >= 11 is 0. The number of aliphatic hydroxyl groups is 1. The minimum Gasteiger partial charge on any atom is -0.385 e. The van der Waals surface area contributed by atoms with Gasteiger partial charge in [-0.05, 0) is 49.9 Å². The van der Waals surface area contributed by atoms with Crippen molar-refractivity contribution in [3.63, 3.8) is 0 Å². The molecule has 1 N–H and O–H groups in total. The van der Waals surface area contributed by atoms with Gasteiger partial charge < -0.3 is 5.11 Å². The first-order chi connectivity index (χ1) is 8.65. The number of hydrogen-bond donors (Lipinski definition) is 1. The molecule has 0 saturated heterocycles. The molecule has 1 aromatic carbocycles.